The van der Waals surface area contributed by atoms with Crippen LogP contribution in [0, 0.1) is 0 Å². The summed E-state index contributed by atoms with van der Waals surface area (Å²) >= 11 is 0. The van der Waals surface area contributed by atoms with E-state index in [2.05, 4.69) is 4.90 Å². The fourth-order valence-electron chi connectivity index (χ4n) is 4.35. The van der Waals surface area contributed by atoms with E-state index in [1.807, 2.05) is 18.2 Å². The highest BCUT2D eigenvalue weighted by Crippen LogP contribution is 2.49. The zero-order chi connectivity index (χ0) is 14.1. The molecule has 0 aromatic heterocycles. The number of hydrogen-bond donors (Lipinski definition) is 2. The van der Waals surface area contributed by atoms with Gasteiger partial charge in [-0.15, -0.1) is 12.4 Å². The number of hydrogen-bond acceptors (Lipinski definition) is 5. The van der Waals surface area contributed by atoms with Gasteiger partial charge in [0.15, 0.2) is 11.5 Å². The minimum Gasteiger partial charge on any atom is -0.454 e. The Bertz CT molecular complexity index is 662. The first kappa shape index (κ1) is 14.3. The molecule has 3 heterocycles. The third-order valence-corrected chi connectivity index (χ3v) is 5.27. The summed E-state index contributed by atoms with van der Waals surface area (Å²) in [5, 5.41) is 20.7. The molecule has 0 radical (unpaired) electrons. The molecule has 0 spiro atoms. The minimum absolute atomic E-state index is 0. The van der Waals surface area contributed by atoms with Gasteiger partial charge in [0, 0.05) is 25.0 Å². The predicted molar refractivity (Wildman–Crippen MR) is 81.5 cm³/mol. The Morgan fingerprint density at radius 3 is 2.73 bits per heavy atom. The van der Waals surface area contributed by atoms with Crippen LogP contribution in [-0.2, 0) is 6.54 Å². The quantitative estimate of drug-likeness (QED) is 0.702. The normalized spacial score (nSPS) is 34.5. The van der Waals surface area contributed by atoms with Crippen LogP contribution in [0.1, 0.15) is 23.5 Å². The first-order valence-corrected chi connectivity index (χ1v) is 7.45. The van der Waals surface area contributed by atoms with Crippen molar-refractivity contribution in [3.05, 3.63) is 34.9 Å². The molecule has 6 heteroatoms. The number of aliphatic hydroxyl groups is 2. The standard InChI is InChI=1S/C16H17NO4.ClH/c18-11-3-8-1-2-17-6-9-4-12-13(21-7-20-12)5-10(9)14(15(8)17)16(11)19;/h3-5,11,14-16,18-19H,1-2,6-7H2;1H. The number of halogens is 1. The molecule has 5 nitrogen and oxygen atoms in total. The Morgan fingerprint density at radius 2 is 1.91 bits per heavy atom. The van der Waals surface area contributed by atoms with Gasteiger partial charge < -0.3 is 19.7 Å². The summed E-state index contributed by atoms with van der Waals surface area (Å²) in [6, 6.07) is 4.25. The zero-order valence-electron chi connectivity index (χ0n) is 11.9. The summed E-state index contributed by atoms with van der Waals surface area (Å²) in [5.41, 5.74) is 3.54. The molecule has 118 valence electrons. The average Bonchev–Trinajstić information content (AvgIpc) is 3.08. The lowest BCUT2D eigenvalue weighted by Gasteiger charge is -2.44. The van der Waals surface area contributed by atoms with Crippen LogP contribution in [0.2, 0.25) is 0 Å². The van der Waals surface area contributed by atoms with E-state index in [0.29, 0.717) is 0 Å². The summed E-state index contributed by atoms with van der Waals surface area (Å²) < 4.78 is 10.9. The minimum atomic E-state index is -0.780. The van der Waals surface area contributed by atoms with Crippen molar-refractivity contribution in [2.75, 3.05) is 13.3 Å². The largest absolute Gasteiger partial charge is 0.454 e. The predicted octanol–water partition coefficient (Wildman–Crippen LogP) is 1.17. The van der Waals surface area contributed by atoms with Crippen LogP contribution in [0.25, 0.3) is 0 Å². The lowest BCUT2D eigenvalue weighted by molar-refractivity contribution is -0.00157. The second-order valence-corrected chi connectivity index (χ2v) is 6.32. The highest BCUT2D eigenvalue weighted by molar-refractivity contribution is 5.85. The maximum atomic E-state index is 10.5. The molecule has 2 N–H and O–H groups in total. The van der Waals surface area contributed by atoms with Crippen LogP contribution >= 0.6 is 12.4 Å². The molecule has 0 amide bonds. The van der Waals surface area contributed by atoms with Crippen molar-refractivity contribution >= 4 is 12.4 Å². The molecule has 1 aromatic carbocycles. The van der Waals surface area contributed by atoms with Gasteiger partial charge in [0.05, 0.1) is 12.2 Å². The fraction of sp³-hybridized carbons (Fsp3) is 0.500. The summed E-state index contributed by atoms with van der Waals surface area (Å²) in [6.45, 7) is 2.11. The molecule has 3 aliphatic heterocycles. The molecule has 0 saturated carbocycles. The van der Waals surface area contributed by atoms with E-state index in [1.54, 1.807) is 0 Å². The van der Waals surface area contributed by atoms with Crippen LogP contribution in [0.4, 0.5) is 0 Å². The van der Waals surface area contributed by atoms with Crippen LogP contribution in [0.15, 0.2) is 23.8 Å². The smallest absolute Gasteiger partial charge is 0.231 e. The van der Waals surface area contributed by atoms with Gasteiger partial charge in [-0.3, -0.25) is 4.90 Å². The molecule has 1 saturated heterocycles. The van der Waals surface area contributed by atoms with Gasteiger partial charge >= 0.3 is 0 Å². The van der Waals surface area contributed by atoms with Gasteiger partial charge in [-0.05, 0) is 29.7 Å². The van der Waals surface area contributed by atoms with Crippen molar-refractivity contribution in [3.63, 3.8) is 0 Å². The van der Waals surface area contributed by atoms with Crippen LogP contribution in [0.5, 0.6) is 11.5 Å². The second-order valence-electron chi connectivity index (χ2n) is 6.32. The van der Waals surface area contributed by atoms with E-state index < -0.39 is 12.2 Å². The van der Waals surface area contributed by atoms with Gasteiger partial charge in [-0.2, -0.15) is 0 Å². The van der Waals surface area contributed by atoms with Crippen molar-refractivity contribution in [2.45, 2.75) is 37.1 Å². The SMILES string of the molecule is Cl.OC1C=C2CCN3Cc4cc5c(cc4C(C1O)C23)OCO5. The third-order valence-electron chi connectivity index (χ3n) is 5.27. The van der Waals surface area contributed by atoms with Crippen molar-refractivity contribution in [2.24, 2.45) is 0 Å². The summed E-state index contributed by atoms with van der Waals surface area (Å²) in [5.74, 6) is 1.45. The van der Waals surface area contributed by atoms with E-state index in [-0.39, 0.29) is 31.2 Å². The van der Waals surface area contributed by atoms with Gasteiger partial charge in [-0.25, -0.2) is 0 Å². The molecule has 4 unspecified atom stereocenters. The monoisotopic (exact) mass is 323 g/mol. The van der Waals surface area contributed by atoms with Crippen molar-refractivity contribution in [3.8, 4) is 11.5 Å². The maximum absolute atomic E-state index is 10.5. The highest BCUT2D eigenvalue weighted by atomic mass is 35.5. The van der Waals surface area contributed by atoms with Gasteiger partial charge in [0.2, 0.25) is 6.79 Å². The average molecular weight is 324 g/mol. The van der Waals surface area contributed by atoms with Gasteiger partial charge in [-0.1, -0.05) is 11.6 Å². The van der Waals surface area contributed by atoms with E-state index >= 15 is 0 Å². The Labute approximate surface area is 134 Å². The molecule has 4 atom stereocenters. The second kappa shape index (κ2) is 4.86. The lowest BCUT2D eigenvalue weighted by Crippen LogP contribution is -2.49. The summed E-state index contributed by atoms with van der Waals surface area (Å²) in [7, 11) is 0. The number of fused-ring (bicyclic) bond motifs is 3. The van der Waals surface area contributed by atoms with Crippen LogP contribution < -0.4 is 9.47 Å². The molecule has 1 aromatic rings. The first-order chi connectivity index (χ1) is 10.2. The van der Waals surface area contributed by atoms with Crippen molar-refractivity contribution in [1.29, 1.82) is 0 Å². The van der Waals surface area contributed by atoms with E-state index in [0.717, 1.165) is 36.6 Å². The molecule has 22 heavy (non-hydrogen) atoms. The number of ether oxygens (including phenoxy) is 2. The third kappa shape index (κ3) is 1.77. The molecular formula is C16H18ClNO4. The summed E-state index contributed by atoms with van der Waals surface area (Å²) in [6.07, 6.45) is 1.28. The van der Waals surface area contributed by atoms with E-state index in [4.69, 9.17) is 9.47 Å². The molecule has 1 fully saturated rings. The van der Waals surface area contributed by atoms with Gasteiger partial charge in [0.25, 0.3) is 0 Å². The lowest BCUT2D eigenvalue weighted by atomic mass is 9.73. The Morgan fingerprint density at radius 1 is 1.14 bits per heavy atom. The zero-order valence-corrected chi connectivity index (χ0v) is 12.8. The molecule has 5 rings (SSSR count). The molecule has 1 aliphatic carbocycles. The summed E-state index contributed by atoms with van der Waals surface area (Å²) in [4.78, 5) is 2.40. The van der Waals surface area contributed by atoms with Crippen LogP contribution in [0.3, 0.4) is 0 Å². The Hall–Kier alpha value is -1.27. The number of aliphatic hydroxyl groups excluding tert-OH is 2. The highest BCUT2D eigenvalue weighted by Gasteiger charge is 2.48. The topological polar surface area (TPSA) is 62.2 Å². The van der Waals surface area contributed by atoms with Crippen LogP contribution in [-0.4, -0.2) is 46.7 Å². The van der Waals surface area contributed by atoms with Crippen molar-refractivity contribution < 1.29 is 19.7 Å². The fourth-order valence-corrected chi connectivity index (χ4v) is 4.35. The van der Waals surface area contributed by atoms with E-state index in [9.17, 15) is 10.2 Å². The first-order valence-electron chi connectivity index (χ1n) is 7.45. The Kier molecular flexibility index (Phi) is 3.17. The maximum Gasteiger partial charge on any atom is 0.231 e. The number of nitrogens with zero attached hydrogens (tertiary/aromatic N) is 1. The number of benzene rings is 1. The van der Waals surface area contributed by atoms with E-state index in [1.165, 1.54) is 11.1 Å². The number of rotatable bonds is 0. The van der Waals surface area contributed by atoms with Gasteiger partial charge in [0.1, 0.15) is 0 Å². The Balaban J connectivity index is 0.00000125. The molecule has 0 bridgehead atoms. The van der Waals surface area contributed by atoms with Crippen molar-refractivity contribution in [1.82, 2.24) is 4.90 Å². The molecular weight excluding hydrogens is 306 g/mol. The molecule has 4 aliphatic rings.